The third-order valence-electron chi connectivity index (χ3n) is 9.72. The number of ether oxygens (including phenoxy) is 2. The molecule has 0 radical (unpaired) electrons. The van der Waals surface area contributed by atoms with Gasteiger partial charge < -0.3 is 39.9 Å². The molecule has 0 aromatic heterocycles. The molecule has 1 aliphatic rings. The normalized spacial score (nSPS) is 22.7. The van der Waals surface area contributed by atoms with Crippen molar-refractivity contribution in [3.8, 4) is 0 Å². The van der Waals surface area contributed by atoms with E-state index in [1.165, 1.54) is 0 Å². The second-order valence-electron chi connectivity index (χ2n) is 15.5. The zero-order valence-corrected chi connectivity index (χ0v) is 40.3. The standard InChI is InChI=1S/C53H81O12P/c1-3-5-7-9-11-13-15-17-19-21-23-25-27-29-31-33-35-37-39-41-43-62-44-46(45-63-66(60,61)65-53-51(58)49(56)48(55)50(57)52(53)59)64-47(54)42-40-38-36-34-32-30-28-26-24-22-20-18-16-14-12-10-8-6-4-2/h5-8,11-14,17-20,23-26,29-32,35-38,46,48-53,55-59H,3-4,9-10,15-16,21-22,27-28,33-34,39-45H2,1-2H3,(H,60,61)/b7-5-,8-6-,13-11-,14-12-,19-17-,20-18-,25-23-,26-24-,31-29-,32-30-,37-35-,38-36-. The van der Waals surface area contributed by atoms with E-state index in [9.17, 15) is 39.8 Å². The number of allylic oxidation sites excluding steroid dienone is 24. The molecular formula is C53H81O12P. The lowest BCUT2D eigenvalue weighted by Gasteiger charge is -2.41. The van der Waals surface area contributed by atoms with Gasteiger partial charge in [0.1, 0.15) is 42.7 Å². The van der Waals surface area contributed by atoms with E-state index >= 15 is 0 Å². The van der Waals surface area contributed by atoms with Crippen LogP contribution in [0.2, 0.25) is 0 Å². The molecule has 0 amide bonds. The largest absolute Gasteiger partial charge is 0.472 e. The van der Waals surface area contributed by atoms with Gasteiger partial charge in [-0.25, -0.2) is 4.57 Å². The molecule has 0 aromatic rings. The van der Waals surface area contributed by atoms with Crippen molar-refractivity contribution in [3.05, 3.63) is 146 Å². The van der Waals surface area contributed by atoms with Crippen molar-refractivity contribution in [3.63, 3.8) is 0 Å². The highest BCUT2D eigenvalue weighted by molar-refractivity contribution is 7.47. The van der Waals surface area contributed by atoms with Gasteiger partial charge in [0.15, 0.2) is 0 Å². The summed E-state index contributed by atoms with van der Waals surface area (Å²) >= 11 is 0. The fraction of sp³-hybridized carbons (Fsp3) is 0.528. The van der Waals surface area contributed by atoms with Crippen molar-refractivity contribution in [1.29, 1.82) is 0 Å². The number of hydrogen-bond donors (Lipinski definition) is 6. The van der Waals surface area contributed by atoms with Crippen molar-refractivity contribution in [1.82, 2.24) is 0 Å². The molecule has 66 heavy (non-hydrogen) atoms. The molecule has 0 saturated heterocycles. The third kappa shape index (κ3) is 32.8. The number of phosphoric ester groups is 1. The van der Waals surface area contributed by atoms with Gasteiger partial charge in [-0.2, -0.15) is 0 Å². The predicted molar refractivity (Wildman–Crippen MR) is 266 cm³/mol. The monoisotopic (exact) mass is 941 g/mol. The highest BCUT2D eigenvalue weighted by Crippen LogP contribution is 2.47. The van der Waals surface area contributed by atoms with Gasteiger partial charge >= 0.3 is 13.8 Å². The summed E-state index contributed by atoms with van der Waals surface area (Å²) in [5.41, 5.74) is 0. The zero-order chi connectivity index (χ0) is 48.4. The summed E-state index contributed by atoms with van der Waals surface area (Å²) in [5.74, 6) is -0.586. The van der Waals surface area contributed by atoms with Crippen molar-refractivity contribution in [2.45, 2.75) is 159 Å². The second kappa shape index (κ2) is 41.4. The van der Waals surface area contributed by atoms with Crippen LogP contribution in [-0.2, 0) is 27.9 Å². The minimum Gasteiger partial charge on any atom is -0.457 e. The van der Waals surface area contributed by atoms with E-state index in [2.05, 4.69) is 141 Å². The molecule has 1 aliphatic carbocycles. The summed E-state index contributed by atoms with van der Waals surface area (Å²) < 4.78 is 34.0. The topological polar surface area (TPSA) is 192 Å². The average Bonchev–Trinajstić information content (AvgIpc) is 3.30. The van der Waals surface area contributed by atoms with E-state index in [0.717, 1.165) is 77.0 Å². The van der Waals surface area contributed by atoms with Gasteiger partial charge in [-0.1, -0.05) is 160 Å². The second-order valence-corrected chi connectivity index (χ2v) is 16.9. The first kappa shape index (κ1) is 60.2. The molecule has 1 fully saturated rings. The van der Waals surface area contributed by atoms with Gasteiger partial charge in [0.2, 0.25) is 0 Å². The van der Waals surface area contributed by atoms with Crippen molar-refractivity contribution < 1.29 is 58.3 Å². The number of aliphatic hydroxyl groups excluding tert-OH is 5. The quantitative estimate of drug-likeness (QED) is 0.0150. The summed E-state index contributed by atoms with van der Waals surface area (Å²) in [6.07, 6.45) is 50.8. The van der Waals surface area contributed by atoms with Crippen molar-refractivity contribution >= 4 is 13.8 Å². The van der Waals surface area contributed by atoms with Crippen LogP contribution in [0.15, 0.2) is 146 Å². The zero-order valence-electron chi connectivity index (χ0n) is 39.4. The Morgan fingerprint density at radius 2 is 0.818 bits per heavy atom. The Kier molecular flexibility index (Phi) is 37.8. The third-order valence-corrected chi connectivity index (χ3v) is 10.7. The molecular weight excluding hydrogens is 860 g/mol. The number of unbranched alkanes of at least 4 members (excludes halogenated alkanes) is 1. The van der Waals surface area contributed by atoms with E-state index in [1.54, 1.807) is 0 Å². The maximum absolute atomic E-state index is 12.8. The SMILES string of the molecule is CC/C=C\C/C=C\C/C=C\C/C=C\C/C=C\C/C=C\CCCOCC(COP(=O)(O)OC1C(O)C(O)C(O)C(O)C1O)OC(=O)CC/C=C\C/C=C\C/C=C\C/C=C\C/C=C\C/C=C\CC. The Labute approximate surface area is 395 Å². The Morgan fingerprint density at radius 1 is 0.485 bits per heavy atom. The molecule has 0 heterocycles. The molecule has 6 atom stereocenters. The average molecular weight is 941 g/mol. The maximum Gasteiger partial charge on any atom is 0.472 e. The van der Waals surface area contributed by atoms with E-state index in [0.29, 0.717) is 25.9 Å². The summed E-state index contributed by atoms with van der Waals surface area (Å²) in [4.78, 5) is 23.1. The lowest BCUT2D eigenvalue weighted by atomic mass is 9.85. The van der Waals surface area contributed by atoms with Gasteiger partial charge in [0, 0.05) is 13.0 Å². The fourth-order valence-electron chi connectivity index (χ4n) is 6.04. The molecule has 6 N–H and O–H groups in total. The first-order valence-corrected chi connectivity index (χ1v) is 25.2. The Morgan fingerprint density at radius 3 is 1.20 bits per heavy atom. The molecule has 370 valence electrons. The lowest BCUT2D eigenvalue weighted by Crippen LogP contribution is -2.64. The van der Waals surface area contributed by atoms with E-state index < -0.39 is 63.1 Å². The first-order chi connectivity index (χ1) is 32.0. The molecule has 1 saturated carbocycles. The number of aliphatic hydroxyl groups is 5. The molecule has 1 rings (SSSR count). The van der Waals surface area contributed by atoms with Gasteiger partial charge in [-0.05, 0) is 96.3 Å². The molecule has 0 bridgehead atoms. The van der Waals surface area contributed by atoms with E-state index in [4.69, 9.17) is 18.5 Å². The van der Waals surface area contributed by atoms with Crippen LogP contribution < -0.4 is 0 Å². The van der Waals surface area contributed by atoms with Crippen LogP contribution >= 0.6 is 7.82 Å². The molecule has 6 unspecified atom stereocenters. The van der Waals surface area contributed by atoms with Gasteiger partial charge in [0.25, 0.3) is 0 Å². The Hall–Kier alpha value is -3.78. The van der Waals surface area contributed by atoms with Gasteiger partial charge in [-0.15, -0.1) is 0 Å². The van der Waals surface area contributed by atoms with Crippen molar-refractivity contribution in [2.24, 2.45) is 0 Å². The summed E-state index contributed by atoms with van der Waals surface area (Å²) in [6.45, 7) is 3.77. The fourth-order valence-corrected chi connectivity index (χ4v) is 7.01. The van der Waals surface area contributed by atoms with Crippen LogP contribution in [-0.4, -0.2) is 98.9 Å². The molecule has 0 aliphatic heterocycles. The minimum absolute atomic E-state index is 0.0349. The summed E-state index contributed by atoms with van der Waals surface area (Å²) in [5, 5.41) is 50.2. The van der Waals surface area contributed by atoms with Crippen LogP contribution in [0.5, 0.6) is 0 Å². The van der Waals surface area contributed by atoms with Crippen LogP contribution in [0.4, 0.5) is 0 Å². The van der Waals surface area contributed by atoms with Gasteiger partial charge in [0.05, 0.1) is 13.2 Å². The minimum atomic E-state index is -5.07. The molecule has 0 aromatic carbocycles. The number of phosphoric acid groups is 1. The Balaban J connectivity index is 2.51. The number of hydrogen-bond acceptors (Lipinski definition) is 11. The molecule has 12 nitrogen and oxygen atoms in total. The van der Waals surface area contributed by atoms with Crippen LogP contribution in [0, 0.1) is 0 Å². The Bertz CT molecular complexity index is 1640. The lowest BCUT2D eigenvalue weighted by molar-refractivity contribution is -0.220. The highest BCUT2D eigenvalue weighted by Gasteiger charge is 2.51. The van der Waals surface area contributed by atoms with Crippen LogP contribution in [0.1, 0.15) is 117 Å². The van der Waals surface area contributed by atoms with E-state index in [-0.39, 0.29) is 13.0 Å². The number of carbonyl (C=O) groups is 1. The number of esters is 1. The van der Waals surface area contributed by atoms with E-state index in [1.807, 2.05) is 18.2 Å². The van der Waals surface area contributed by atoms with Gasteiger partial charge in [-0.3, -0.25) is 13.8 Å². The number of rotatable bonds is 37. The first-order valence-electron chi connectivity index (χ1n) is 23.7. The predicted octanol–water partition coefficient (Wildman–Crippen LogP) is 10.2. The van der Waals surface area contributed by atoms with Crippen molar-refractivity contribution in [2.75, 3.05) is 19.8 Å². The smallest absolute Gasteiger partial charge is 0.457 e. The molecule has 0 spiro atoms. The molecule has 13 heteroatoms. The highest BCUT2D eigenvalue weighted by atomic mass is 31.2. The number of carbonyl (C=O) groups excluding carboxylic acids is 1. The summed E-state index contributed by atoms with van der Waals surface area (Å²) in [7, 11) is -5.07. The van der Waals surface area contributed by atoms with Crippen LogP contribution in [0.3, 0.4) is 0 Å². The maximum atomic E-state index is 12.8. The summed E-state index contributed by atoms with van der Waals surface area (Å²) in [6, 6.07) is 0. The van der Waals surface area contributed by atoms with Crippen LogP contribution in [0.25, 0.3) is 0 Å².